The molecular weight excluding hydrogens is 232 g/mol. The summed E-state index contributed by atoms with van der Waals surface area (Å²) in [5.74, 6) is -0.207. The van der Waals surface area contributed by atoms with Crippen molar-refractivity contribution >= 4 is 11.8 Å². The Morgan fingerprint density at radius 1 is 1.67 bits per heavy atom. The van der Waals surface area contributed by atoms with Crippen molar-refractivity contribution in [2.75, 3.05) is 13.1 Å². The largest absolute Gasteiger partial charge is 0.352 e. The quantitative estimate of drug-likeness (QED) is 0.801. The highest BCUT2D eigenvalue weighted by molar-refractivity contribution is 5.89. The molecule has 1 atom stereocenters. The second-order valence-corrected chi connectivity index (χ2v) is 4.57. The summed E-state index contributed by atoms with van der Waals surface area (Å²) in [7, 11) is 0. The first-order valence-corrected chi connectivity index (χ1v) is 6.16. The Morgan fingerprint density at radius 2 is 2.44 bits per heavy atom. The van der Waals surface area contributed by atoms with Gasteiger partial charge < -0.3 is 10.2 Å². The van der Waals surface area contributed by atoms with E-state index in [1.807, 2.05) is 13.8 Å². The monoisotopic (exact) mass is 250 g/mol. The zero-order valence-electron chi connectivity index (χ0n) is 10.7. The summed E-state index contributed by atoms with van der Waals surface area (Å²) in [5.41, 5.74) is 1.92. The standard InChI is InChI=1S/C12H18N4O2/c1-3-16-7-9(4-11(16)17)12(18)13-5-10-6-14-15-8(10)2/h6,9H,3-5,7H2,1-2H3,(H,13,18)(H,14,15). The number of hydrogen-bond donors (Lipinski definition) is 2. The van der Waals surface area contributed by atoms with Gasteiger partial charge in [0.15, 0.2) is 0 Å². The van der Waals surface area contributed by atoms with Gasteiger partial charge in [-0.3, -0.25) is 14.7 Å². The summed E-state index contributed by atoms with van der Waals surface area (Å²) in [4.78, 5) is 25.2. The fourth-order valence-electron chi connectivity index (χ4n) is 2.13. The number of amides is 2. The van der Waals surface area contributed by atoms with E-state index in [4.69, 9.17) is 0 Å². The molecule has 0 saturated carbocycles. The SMILES string of the molecule is CCN1CC(C(=O)NCc2cn[nH]c2C)CC1=O. The van der Waals surface area contributed by atoms with Gasteiger partial charge in [-0.25, -0.2) is 0 Å². The molecule has 1 unspecified atom stereocenters. The maximum atomic E-state index is 11.9. The zero-order valence-corrected chi connectivity index (χ0v) is 10.7. The van der Waals surface area contributed by atoms with Crippen LogP contribution in [0.5, 0.6) is 0 Å². The molecule has 6 heteroatoms. The van der Waals surface area contributed by atoms with Crippen molar-refractivity contribution in [2.24, 2.45) is 5.92 Å². The van der Waals surface area contributed by atoms with Crippen molar-refractivity contribution in [2.45, 2.75) is 26.8 Å². The molecule has 2 heterocycles. The lowest BCUT2D eigenvalue weighted by Crippen LogP contribution is -2.32. The summed E-state index contributed by atoms with van der Waals surface area (Å²) >= 11 is 0. The number of hydrogen-bond acceptors (Lipinski definition) is 3. The van der Waals surface area contributed by atoms with Gasteiger partial charge in [0.2, 0.25) is 11.8 Å². The number of carbonyl (C=O) groups is 2. The number of carbonyl (C=O) groups excluding carboxylic acids is 2. The summed E-state index contributed by atoms with van der Waals surface area (Å²) in [5, 5.41) is 9.57. The number of nitrogens with zero attached hydrogens (tertiary/aromatic N) is 2. The number of aromatic amines is 1. The summed E-state index contributed by atoms with van der Waals surface area (Å²) in [6, 6.07) is 0. The van der Waals surface area contributed by atoms with Gasteiger partial charge in [0, 0.05) is 37.3 Å². The smallest absolute Gasteiger partial charge is 0.225 e. The van der Waals surface area contributed by atoms with E-state index in [1.165, 1.54) is 0 Å². The van der Waals surface area contributed by atoms with Crippen LogP contribution in [-0.4, -0.2) is 40.0 Å². The van der Waals surface area contributed by atoms with Crippen LogP contribution in [0.25, 0.3) is 0 Å². The second-order valence-electron chi connectivity index (χ2n) is 4.57. The number of aryl methyl sites for hydroxylation is 1. The molecule has 98 valence electrons. The molecule has 1 aliphatic heterocycles. The minimum Gasteiger partial charge on any atom is -0.352 e. The van der Waals surface area contributed by atoms with Gasteiger partial charge in [0.05, 0.1) is 12.1 Å². The number of nitrogens with one attached hydrogen (secondary N) is 2. The Hall–Kier alpha value is -1.85. The first-order chi connectivity index (χ1) is 8.61. The maximum Gasteiger partial charge on any atom is 0.225 e. The third-order valence-corrected chi connectivity index (χ3v) is 3.35. The maximum absolute atomic E-state index is 11.9. The average molecular weight is 250 g/mol. The molecule has 2 amide bonds. The van der Waals surface area contributed by atoms with E-state index in [1.54, 1.807) is 11.1 Å². The van der Waals surface area contributed by atoms with E-state index in [2.05, 4.69) is 15.5 Å². The Bertz CT molecular complexity index is 455. The minimum atomic E-state index is -0.218. The van der Waals surface area contributed by atoms with Crippen molar-refractivity contribution in [3.05, 3.63) is 17.5 Å². The van der Waals surface area contributed by atoms with E-state index < -0.39 is 0 Å². The van der Waals surface area contributed by atoms with Gasteiger partial charge in [-0.05, 0) is 13.8 Å². The van der Waals surface area contributed by atoms with Crippen molar-refractivity contribution in [1.82, 2.24) is 20.4 Å². The predicted octanol–water partition coefficient (Wildman–Crippen LogP) is 0.203. The third-order valence-electron chi connectivity index (χ3n) is 3.35. The molecule has 0 spiro atoms. The van der Waals surface area contributed by atoms with Gasteiger partial charge in [-0.1, -0.05) is 0 Å². The molecule has 1 fully saturated rings. The van der Waals surface area contributed by atoms with Gasteiger partial charge >= 0.3 is 0 Å². The van der Waals surface area contributed by atoms with Gasteiger partial charge in [-0.15, -0.1) is 0 Å². The second kappa shape index (κ2) is 5.20. The van der Waals surface area contributed by atoms with E-state index in [9.17, 15) is 9.59 Å². The van der Waals surface area contributed by atoms with Crippen LogP contribution in [-0.2, 0) is 16.1 Å². The molecule has 1 aromatic heterocycles. The number of aromatic nitrogens is 2. The lowest BCUT2D eigenvalue weighted by molar-refractivity contribution is -0.128. The molecule has 1 saturated heterocycles. The zero-order chi connectivity index (χ0) is 13.1. The van der Waals surface area contributed by atoms with E-state index in [0.717, 1.165) is 11.3 Å². The summed E-state index contributed by atoms with van der Waals surface area (Å²) in [6.07, 6.45) is 2.03. The summed E-state index contributed by atoms with van der Waals surface area (Å²) < 4.78 is 0. The fraction of sp³-hybridized carbons (Fsp3) is 0.583. The molecule has 0 bridgehead atoms. The molecule has 1 aromatic rings. The van der Waals surface area contributed by atoms with Crippen LogP contribution >= 0.6 is 0 Å². The predicted molar refractivity (Wildman–Crippen MR) is 65.5 cm³/mol. The highest BCUT2D eigenvalue weighted by Crippen LogP contribution is 2.17. The van der Waals surface area contributed by atoms with Gasteiger partial charge in [0.1, 0.15) is 0 Å². The van der Waals surface area contributed by atoms with Gasteiger partial charge in [-0.2, -0.15) is 5.10 Å². The van der Waals surface area contributed by atoms with Crippen LogP contribution in [0.2, 0.25) is 0 Å². The molecular formula is C12H18N4O2. The van der Waals surface area contributed by atoms with Crippen molar-refractivity contribution in [3.8, 4) is 0 Å². The van der Waals surface area contributed by atoms with E-state index in [0.29, 0.717) is 26.1 Å². The van der Waals surface area contributed by atoms with E-state index in [-0.39, 0.29) is 17.7 Å². The number of H-pyrrole nitrogens is 1. The summed E-state index contributed by atoms with van der Waals surface area (Å²) in [6.45, 7) is 5.49. The Balaban J connectivity index is 1.86. The van der Waals surface area contributed by atoms with Crippen molar-refractivity contribution < 1.29 is 9.59 Å². The van der Waals surface area contributed by atoms with Crippen molar-refractivity contribution in [3.63, 3.8) is 0 Å². The Kier molecular flexibility index (Phi) is 3.64. The molecule has 18 heavy (non-hydrogen) atoms. The molecule has 0 aromatic carbocycles. The molecule has 0 radical (unpaired) electrons. The molecule has 1 aliphatic rings. The van der Waals surface area contributed by atoms with Crippen LogP contribution in [0.4, 0.5) is 0 Å². The molecule has 2 N–H and O–H groups in total. The lowest BCUT2D eigenvalue weighted by Gasteiger charge is -2.13. The number of likely N-dealkylation sites (tertiary alicyclic amines) is 1. The fourth-order valence-corrected chi connectivity index (χ4v) is 2.13. The number of rotatable bonds is 4. The van der Waals surface area contributed by atoms with Crippen LogP contribution < -0.4 is 5.32 Å². The average Bonchev–Trinajstić information content (AvgIpc) is 2.92. The van der Waals surface area contributed by atoms with E-state index >= 15 is 0 Å². The van der Waals surface area contributed by atoms with Crippen molar-refractivity contribution in [1.29, 1.82) is 0 Å². The topological polar surface area (TPSA) is 78.1 Å². The highest BCUT2D eigenvalue weighted by Gasteiger charge is 2.33. The van der Waals surface area contributed by atoms with Crippen LogP contribution in [0.1, 0.15) is 24.6 Å². The lowest BCUT2D eigenvalue weighted by atomic mass is 10.1. The third kappa shape index (κ3) is 2.52. The highest BCUT2D eigenvalue weighted by atomic mass is 16.2. The molecule has 6 nitrogen and oxygen atoms in total. The Morgan fingerprint density at radius 3 is 3.00 bits per heavy atom. The molecule has 0 aliphatic carbocycles. The first kappa shape index (κ1) is 12.6. The minimum absolute atomic E-state index is 0.0556. The van der Waals surface area contributed by atoms with Gasteiger partial charge in [0.25, 0.3) is 0 Å². The van der Waals surface area contributed by atoms with Crippen LogP contribution in [0.15, 0.2) is 6.20 Å². The normalized spacial score (nSPS) is 19.3. The molecule has 2 rings (SSSR count). The Labute approximate surface area is 106 Å². The first-order valence-electron chi connectivity index (χ1n) is 6.16. The van der Waals surface area contributed by atoms with Crippen LogP contribution in [0.3, 0.4) is 0 Å². The van der Waals surface area contributed by atoms with Crippen LogP contribution in [0, 0.1) is 12.8 Å².